The highest BCUT2D eigenvalue weighted by molar-refractivity contribution is 5.92. The molecule has 0 atom stereocenters. The van der Waals surface area contributed by atoms with E-state index in [1.165, 1.54) is 0 Å². The summed E-state index contributed by atoms with van der Waals surface area (Å²) < 4.78 is 1.99. The Bertz CT molecular complexity index is 466. The summed E-state index contributed by atoms with van der Waals surface area (Å²) in [7, 11) is 0. The topological polar surface area (TPSA) is 59.0 Å². The molecule has 0 radical (unpaired) electrons. The summed E-state index contributed by atoms with van der Waals surface area (Å²) in [5, 5.41) is 10.7. The zero-order chi connectivity index (χ0) is 13.1. The second kappa shape index (κ2) is 5.57. The molecule has 0 spiro atoms. The van der Waals surface area contributed by atoms with Gasteiger partial charge >= 0.3 is 0 Å². The van der Waals surface area contributed by atoms with Crippen LogP contribution in [0.2, 0.25) is 0 Å². The molecule has 2 N–H and O–H groups in total. The summed E-state index contributed by atoms with van der Waals surface area (Å²) >= 11 is 0. The van der Waals surface area contributed by atoms with Crippen molar-refractivity contribution < 1.29 is 4.79 Å². The van der Waals surface area contributed by atoms with Crippen LogP contribution in [0.1, 0.15) is 31.7 Å². The number of amides is 1. The molecular weight excluding hydrogens is 240 g/mol. The van der Waals surface area contributed by atoms with E-state index in [1.807, 2.05) is 10.9 Å². The van der Waals surface area contributed by atoms with E-state index in [9.17, 15) is 4.79 Å². The molecule has 1 aliphatic heterocycles. The Hall–Kier alpha value is -1.62. The van der Waals surface area contributed by atoms with Gasteiger partial charge in [0, 0.05) is 12.1 Å². The molecule has 0 unspecified atom stereocenters. The monoisotopic (exact) mass is 260 g/mol. The lowest BCUT2D eigenvalue weighted by Crippen LogP contribution is -2.29. The first-order valence-corrected chi connectivity index (χ1v) is 7.03. The Kier molecular flexibility index (Phi) is 3.64. The van der Waals surface area contributed by atoms with Gasteiger partial charge in [-0.1, -0.05) is 12.2 Å². The maximum atomic E-state index is 12.0. The van der Waals surface area contributed by atoms with Crippen LogP contribution in [-0.2, 0) is 4.79 Å². The first-order chi connectivity index (χ1) is 9.33. The Morgan fingerprint density at radius 3 is 2.79 bits per heavy atom. The maximum Gasteiger partial charge on any atom is 0.228 e. The quantitative estimate of drug-likeness (QED) is 0.813. The van der Waals surface area contributed by atoms with Crippen LogP contribution in [-0.4, -0.2) is 28.8 Å². The fraction of sp³-hybridized carbons (Fsp3) is 0.571. The van der Waals surface area contributed by atoms with Gasteiger partial charge in [-0.15, -0.1) is 0 Å². The molecule has 5 nitrogen and oxygen atoms in total. The van der Waals surface area contributed by atoms with E-state index >= 15 is 0 Å². The van der Waals surface area contributed by atoms with Crippen LogP contribution in [0.5, 0.6) is 0 Å². The predicted octanol–water partition coefficient (Wildman–Crippen LogP) is 1.71. The second-order valence-corrected chi connectivity index (χ2v) is 5.32. The normalized spacial score (nSPS) is 20.8. The third kappa shape index (κ3) is 2.87. The number of anilines is 1. The Balaban J connectivity index is 1.59. The van der Waals surface area contributed by atoms with E-state index in [0.29, 0.717) is 6.04 Å². The number of allylic oxidation sites excluding steroid dienone is 2. The minimum Gasteiger partial charge on any atom is -0.323 e. The number of nitrogens with zero attached hydrogens (tertiary/aromatic N) is 2. The maximum absolute atomic E-state index is 12.0. The molecule has 1 saturated heterocycles. The van der Waals surface area contributed by atoms with Gasteiger partial charge in [0.25, 0.3) is 0 Å². The molecule has 1 aliphatic carbocycles. The minimum atomic E-state index is 0.0993. The summed E-state index contributed by atoms with van der Waals surface area (Å²) in [6.07, 6.45) is 11.8. The SMILES string of the molecule is O=C(Nc1cnn(C2CCNCC2)c1)C1CC=CC1. The summed E-state index contributed by atoms with van der Waals surface area (Å²) in [4.78, 5) is 12.0. The van der Waals surface area contributed by atoms with Crippen molar-refractivity contribution in [1.29, 1.82) is 0 Å². The third-order valence-corrected chi connectivity index (χ3v) is 3.93. The van der Waals surface area contributed by atoms with E-state index in [2.05, 4.69) is 27.9 Å². The number of hydrogen-bond donors (Lipinski definition) is 2. The number of rotatable bonds is 3. The molecule has 0 saturated carbocycles. The highest BCUT2D eigenvalue weighted by Crippen LogP contribution is 2.22. The molecule has 2 aliphatic rings. The zero-order valence-electron chi connectivity index (χ0n) is 11.0. The summed E-state index contributed by atoms with van der Waals surface area (Å²) in [5.74, 6) is 0.206. The van der Waals surface area contributed by atoms with Crippen molar-refractivity contribution in [2.75, 3.05) is 18.4 Å². The van der Waals surface area contributed by atoms with Crippen LogP contribution in [0.25, 0.3) is 0 Å². The highest BCUT2D eigenvalue weighted by Gasteiger charge is 2.20. The van der Waals surface area contributed by atoms with Gasteiger partial charge in [-0.25, -0.2) is 0 Å². The Morgan fingerprint density at radius 1 is 1.32 bits per heavy atom. The molecule has 102 valence electrons. The summed E-state index contributed by atoms with van der Waals surface area (Å²) in [6, 6.07) is 0.458. The van der Waals surface area contributed by atoms with Crippen molar-refractivity contribution in [2.24, 2.45) is 5.92 Å². The predicted molar refractivity (Wildman–Crippen MR) is 73.9 cm³/mol. The van der Waals surface area contributed by atoms with Crippen LogP contribution >= 0.6 is 0 Å². The number of carbonyl (C=O) groups is 1. The standard InChI is InChI=1S/C14H20N4O/c19-14(11-3-1-2-4-11)17-12-9-16-18(10-12)13-5-7-15-8-6-13/h1-2,9-11,13,15H,3-8H2,(H,17,19). The fourth-order valence-corrected chi connectivity index (χ4v) is 2.75. The van der Waals surface area contributed by atoms with Crippen LogP contribution in [0.15, 0.2) is 24.5 Å². The molecule has 19 heavy (non-hydrogen) atoms. The lowest BCUT2D eigenvalue weighted by atomic mass is 10.1. The van der Waals surface area contributed by atoms with E-state index < -0.39 is 0 Å². The van der Waals surface area contributed by atoms with E-state index in [1.54, 1.807) is 6.20 Å². The van der Waals surface area contributed by atoms with Crippen molar-refractivity contribution in [1.82, 2.24) is 15.1 Å². The van der Waals surface area contributed by atoms with Gasteiger partial charge in [0.15, 0.2) is 0 Å². The molecule has 5 heteroatoms. The van der Waals surface area contributed by atoms with Gasteiger partial charge in [-0.05, 0) is 38.8 Å². The Morgan fingerprint density at radius 2 is 2.05 bits per heavy atom. The molecule has 1 fully saturated rings. The smallest absolute Gasteiger partial charge is 0.228 e. The van der Waals surface area contributed by atoms with Crippen molar-refractivity contribution in [3.8, 4) is 0 Å². The molecule has 1 aromatic rings. The first kappa shape index (κ1) is 12.4. The lowest BCUT2D eigenvalue weighted by Gasteiger charge is -2.22. The average Bonchev–Trinajstić information content (AvgIpc) is 3.11. The van der Waals surface area contributed by atoms with Gasteiger partial charge in [0.2, 0.25) is 5.91 Å². The minimum absolute atomic E-state index is 0.0993. The number of aromatic nitrogens is 2. The van der Waals surface area contributed by atoms with Crippen molar-refractivity contribution in [2.45, 2.75) is 31.7 Å². The van der Waals surface area contributed by atoms with E-state index in [4.69, 9.17) is 0 Å². The number of nitrogens with one attached hydrogen (secondary N) is 2. The summed E-state index contributed by atoms with van der Waals surface area (Å²) in [5.41, 5.74) is 0.815. The van der Waals surface area contributed by atoms with Gasteiger partial charge in [-0.3, -0.25) is 9.48 Å². The van der Waals surface area contributed by atoms with E-state index in [-0.39, 0.29) is 11.8 Å². The summed E-state index contributed by atoms with van der Waals surface area (Å²) in [6.45, 7) is 2.08. The van der Waals surface area contributed by atoms with Gasteiger partial charge in [0.05, 0.1) is 17.9 Å². The largest absolute Gasteiger partial charge is 0.323 e. The number of carbonyl (C=O) groups excluding carboxylic acids is 1. The molecule has 3 rings (SSSR count). The zero-order valence-corrected chi connectivity index (χ0v) is 11.0. The Labute approximate surface area is 113 Å². The van der Waals surface area contributed by atoms with E-state index in [0.717, 1.165) is 44.5 Å². The van der Waals surface area contributed by atoms with Gasteiger partial charge < -0.3 is 10.6 Å². The van der Waals surface area contributed by atoms with Crippen molar-refractivity contribution in [3.05, 3.63) is 24.5 Å². The third-order valence-electron chi connectivity index (χ3n) is 3.93. The first-order valence-electron chi connectivity index (χ1n) is 7.03. The average molecular weight is 260 g/mol. The number of piperidine rings is 1. The second-order valence-electron chi connectivity index (χ2n) is 5.32. The van der Waals surface area contributed by atoms with Crippen LogP contribution in [0, 0.1) is 5.92 Å². The molecule has 0 aromatic carbocycles. The van der Waals surface area contributed by atoms with Crippen LogP contribution in [0.4, 0.5) is 5.69 Å². The molecule has 1 aromatic heterocycles. The molecule has 0 bridgehead atoms. The lowest BCUT2D eigenvalue weighted by molar-refractivity contribution is -0.119. The highest BCUT2D eigenvalue weighted by atomic mass is 16.1. The fourth-order valence-electron chi connectivity index (χ4n) is 2.75. The molecule has 1 amide bonds. The van der Waals surface area contributed by atoms with Crippen molar-refractivity contribution in [3.63, 3.8) is 0 Å². The van der Waals surface area contributed by atoms with Crippen LogP contribution < -0.4 is 10.6 Å². The van der Waals surface area contributed by atoms with Crippen LogP contribution in [0.3, 0.4) is 0 Å². The molecular formula is C14H20N4O. The van der Waals surface area contributed by atoms with Gasteiger partial charge in [-0.2, -0.15) is 5.10 Å². The van der Waals surface area contributed by atoms with Gasteiger partial charge in [0.1, 0.15) is 0 Å². The number of hydrogen-bond acceptors (Lipinski definition) is 3. The van der Waals surface area contributed by atoms with Crippen molar-refractivity contribution >= 4 is 11.6 Å². The molecule has 2 heterocycles.